The molecule has 2 aromatic carbocycles. The third-order valence-electron chi connectivity index (χ3n) is 5.49. The van der Waals surface area contributed by atoms with Crippen LogP contribution in [-0.2, 0) is 17.8 Å². The second-order valence-corrected chi connectivity index (χ2v) is 8.75. The van der Waals surface area contributed by atoms with Gasteiger partial charge in [0.05, 0.1) is 17.4 Å². The maximum atomic E-state index is 13.1. The third-order valence-corrected chi connectivity index (χ3v) is 6.06. The van der Waals surface area contributed by atoms with Gasteiger partial charge in [0.15, 0.2) is 4.77 Å². The Hall–Kier alpha value is -3.20. The van der Waals surface area contributed by atoms with Crippen molar-refractivity contribution in [1.82, 2.24) is 14.5 Å². The Morgan fingerprint density at radius 2 is 1.94 bits per heavy atom. The molecule has 4 rings (SSSR count). The summed E-state index contributed by atoms with van der Waals surface area (Å²) in [7, 11) is 3.32. The van der Waals surface area contributed by atoms with Gasteiger partial charge >= 0.3 is 0 Å². The number of rotatable bonds is 8. The Morgan fingerprint density at radius 3 is 2.68 bits per heavy atom. The van der Waals surface area contributed by atoms with E-state index in [1.165, 1.54) is 4.57 Å². The summed E-state index contributed by atoms with van der Waals surface area (Å²) in [6, 6.07) is 16.0. The number of aromatic nitrogens is 2. The fraction of sp³-hybridized carbons (Fsp3) is 0.240. The van der Waals surface area contributed by atoms with Gasteiger partial charge in [-0.1, -0.05) is 11.6 Å². The van der Waals surface area contributed by atoms with E-state index in [9.17, 15) is 9.59 Å². The van der Waals surface area contributed by atoms with Gasteiger partial charge < -0.3 is 19.0 Å². The average molecular weight is 498 g/mol. The van der Waals surface area contributed by atoms with Crippen LogP contribution in [0.1, 0.15) is 22.5 Å². The summed E-state index contributed by atoms with van der Waals surface area (Å²) < 4.78 is 12.8. The first kappa shape index (κ1) is 23.9. The van der Waals surface area contributed by atoms with E-state index in [0.29, 0.717) is 63.9 Å². The van der Waals surface area contributed by atoms with E-state index in [0.717, 1.165) is 5.56 Å². The molecule has 9 heteroatoms. The highest BCUT2D eigenvalue weighted by Crippen LogP contribution is 2.24. The lowest BCUT2D eigenvalue weighted by Crippen LogP contribution is -2.26. The third kappa shape index (κ3) is 5.14. The molecule has 0 aliphatic rings. The van der Waals surface area contributed by atoms with Gasteiger partial charge in [0.25, 0.3) is 11.5 Å². The Bertz CT molecular complexity index is 1440. The number of carbonyl (C=O) groups is 1. The minimum Gasteiger partial charge on any atom is -0.459 e. The Kier molecular flexibility index (Phi) is 7.31. The van der Waals surface area contributed by atoms with Crippen LogP contribution in [0.4, 0.5) is 0 Å². The second kappa shape index (κ2) is 10.4. The molecule has 1 N–H and O–H groups in total. The molecule has 34 heavy (non-hydrogen) atoms. The van der Waals surface area contributed by atoms with E-state index >= 15 is 0 Å². The average Bonchev–Trinajstić information content (AvgIpc) is 3.29. The number of halogens is 1. The maximum Gasteiger partial charge on any atom is 0.262 e. The summed E-state index contributed by atoms with van der Waals surface area (Å²) in [5.41, 5.74) is 1.69. The Morgan fingerprint density at radius 1 is 1.18 bits per heavy atom. The Balaban J connectivity index is 1.52. The molecule has 0 atom stereocenters. The molecule has 0 bridgehead atoms. The number of H-pyrrole nitrogens is 1. The minimum atomic E-state index is -0.199. The highest BCUT2D eigenvalue weighted by atomic mass is 35.5. The fourth-order valence-electron chi connectivity index (χ4n) is 3.72. The van der Waals surface area contributed by atoms with Crippen molar-refractivity contribution in [3.63, 3.8) is 0 Å². The van der Waals surface area contributed by atoms with Crippen LogP contribution in [0, 0.1) is 4.77 Å². The molecule has 0 saturated carbocycles. The van der Waals surface area contributed by atoms with Crippen molar-refractivity contribution in [2.24, 2.45) is 0 Å². The monoisotopic (exact) mass is 497 g/mol. The smallest absolute Gasteiger partial charge is 0.262 e. The van der Waals surface area contributed by atoms with Crippen LogP contribution in [-0.4, -0.2) is 41.1 Å². The molecule has 0 radical (unpaired) electrons. The lowest BCUT2D eigenvalue weighted by atomic mass is 10.1. The van der Waals surface area contributed by atoms with Crippen LogP contribution in [0.5, 0.6) is 0 Å². The van der Waals surface area contributed by atoms with E-state index < -0.39 is 0 Å². The van der Waals surface area contributed by atoms with Crippen LogP contribution >= 0.6 is 23.8 Å². The number of nitrogens with zero attached hydrogens (tertiary/aromatic N) is 2. The minimum absolute atomic E-state index is 0.187. The quantitative estimate of drug-likeness (QED) is 0.264. The SMILES string of the molecule is COCCCn1c(=S)[nH]c2cc(C(=O)N(C)Cc3ccc(-c4ccc(Cl)cc4)o3)ccc2c1=O. The fourth-order valence-corrected chi connectivity index (χ4v) is 4.13. The number of carbonyl (C=O) groups excluding carboxylic acids is 1. The molecule has 0 fully saturated rings. The lowest BCUT2D eigenvalue weighted by molar-refractivity contribution is 0.0776. The van der Waals surface area contributed by atoms with Crippen LogP contribution in [0.15, 0.2) is 63.8 Å². The molecular weight excluding hydrogens is 474 g/mol. The Labute approximate surface area is 206 Å². The summed E-state index contributed by atoms with van der Waals surface area (Å²) in [6.07, 6.45) is 0.674. The first-order chi connectivity index (χ1) is 16.4. The normalized spacial score (nSPS) is 11.1. The zero-order valence-corrected chi connectivity index (χ0v) is 20.4. The molecule has 176 valence electrons. The number of amides is 1. The number of methoxy groups -OCH3 is 1. The van der Waals surface area contributed by atoms with Crippen LogP contribution < -0.4 is 5.56 Å². The van der Waals surface area contributed by atoms with Crippen molar-refractivity contribution in [1.29, 1.82) is 0 Å². The van der Waals surface area contributed by atoms with Crippen molar-refractivity contribution < 1.29 is 13.9 Å². The molecule has 0 aliphatic heterocycles. The van der Waals surface area contributed by atoms with Crippen LogP contribution in [0.3, 0.4) is 0 Å². The molecule has 0 aliphatic carbocycles. The van der Waals surface area contributed by atoms with E-state index in [1.807, 2.05) is 24.3 Å². The number of aromatic amines is 1. The maximum absolute atomic E-state index is 13.1. The molecule has 7 nitrogen and oxygen atoms in total. The number of furan rings is 1. The second-order valence-electron chi connectivity index (χ2n) is 7.93. The first-order valence-corrected chi connectivity index (χ1v) is 11.5. The van der Waals surface area contributed by atoms with Gasteiger partial charge in [0, 0.05) is 43.5 Å². The zero-order valence-electron chi connectivity index (χ0n) is 18.8. The predicted molar refractivity (Wildman–Crippen MR) is 135 cm³/mol. The topological polar surface area (TPSA) is 80.5 Å². The van der Waals surface area contributed by atoms with Gasteiger partial charge in [-0.3, -0.25) is 14.2 Å². The van der Waals surface area contributed by atoms with Gasteiger partial charge in [-0.2, -0.15) is 0 Å². The van der Waals surface area contributed by atoms with E-state index in [4.69, 9.17) is 33.0 Å². The van der Waals surface area contributed by atoms with Crippen molar-refractivity contribution >= 4 is 40.6 Å². The highest BCUT2D eigenvalue weighted by Gasteiger charge is 2.16. The molecular formula is C25H24ClN3O4S. The highest BCUT2D eigenvalue weighted by molar-refractivity contribution is 7.71. The van der Waals surface area contributed by atoms with Crippen LogP contribution in [0.2, 0.25) is 5.02 Å². The van der Waals surface area contributed by atoms with Crippen molar-refractivity contribution in [2.45, 2.75) is 19.5 Å². The summed E-state index contributed by atoms with van der Waals surface area (Å²) in [6.45, 7) is 1.29. The largest absolute Gasteiger partial charge is 0.459 e. The van der Waals surface area contributed by atoms with Gasteiger partial charge in [0.1, 0.15) is 11.5 Å². The molecule has 0 saturated heterocycles. The summed E-state index contributed by atoms with van der Waals surface area (Å²) in [5, 5.41) is 1.13. The molecule has 0 unspecified atom stereocenters. The first-order valence-electron chi connectivity index (χ1n) is 10.7. The number of fused-ring (bicyclic) bond motifs is 1. The number of benzene rings is 2. The summed E-state index contributed by atoms with van der Waals surface area (Å²) in [5.74, 6) is 1.16. The number of nitrogens with one attached hydrogen (secondary N) is 1. The molecule has 0 spiro atoms. The molecule has 2 aromatic heterocycles. The van der Waals surface area contributed by atoms with Gasteiger partial charge in [-0.25, -0.2) is 0 Å². The van der Waals surface area contributed by atoms with Crippen molar-refractivity contribution in [3.05, 3.63) is 86.1 Å². The summed E-state index contributed by atoms with van der Waals surface area (Å²) in [4.78, 5) is 30.5. The van der Waals surface area contributed by atoms with E-state index in [-0.39, 0.29) is 11.5 Å². The van der Waals surface area contributed by atoms with Crippen molar-refractivity contribution in [3.8, 4) is 11.3 Å². The zero-order chi connectivity index (χ0) is 24.2. The van der Waals surface area contributed by atoms with Gasteiger partial charge in [-0.05, 0) is 73.2 Å². The van der Waals surface area contributed by atoms with E-state index in [2.05, 4.69) is 4.98 Å². The van der Waals surface area contributed by atoms with Gasteiger partial charge in [-0.15, -0.1) is 0 Å². The number of hydrogen-bond acceptors (Lipinski definition) is 5. The lowest BCUT2D eigenvalue weighted by Gasteiger charge is -2.16. The molecule has 1 amide bonds. The number of hydrogen-bond donors (Lipinski definition) is 1. The standard InChI is InChI=1S/C25H24ClN3O4S/c1-28(15-19-9-11-22(33-19)16-4-7-18(26)8-5-16)23(30)17-6-10-20-21(14-17)27-25(34)29(24(20)31)12-3-13-32-2/h4-11,14H,3,12-13,15H2,1-2H3,(H,27,34). The number of ether oxygens (including phenoxy) is 1. The summed E-state index contributed by atoms with van der Waals surface area (Å²) >= 11 is 11.3. The molecule has 4 aromatic rings. The van der Waals surface area contributed by atoms with E-state index in [1.54, 1.807) is 49.4 Å². The molecule has 2 heterocycles. The van der Waals surface area contributed by atoms with Gasteiger partial charge in [0.2, 0.25) is 0 Å². The van der Waals surface area contributed by atoms with Crippen LogP contribution in [0.25, 0.3) is 22.2 Å². The predicted octanol–water partition coefficient (Wildman–Crippen LogP) is 5.28. The van der Waals surface area contributed by atoms with Crippen molar-refractivity contribution in [2.75, 3.05) is 20.8 Å².